The summed E-state index contributed by atoms with van der Waals surface area (Å²) in [6.07, 6.45) is 0. The summed E-state index contributed by atoms with van der Waals surface area (Å²) in [7, 11) is 0. The molecule has 8 aromatic carbocycles. The maximum Gasteiger partial charge on any atom is 0.0619 e. The summed E-state index contributed by atoms with van der Waals surface area (Å²) >= 11 is 0. The standard InChI is InChI=1S/C48H32N2/c1-3-14-32(15-4-1)34-28-35(33-16-5-2-6-17-33)30-37(29-34)49-36-26-27-43-40-20-9-7-18-38(40)39-19-8-10-21-41(39)44-23-13-24-45-42-22-11-12-25-46(42)50(48(44)45)47(43)31-36/h1-31,49H. The van der Waals surface area contributed by atoms with E-state index >= 15 is 0 Å². The second kappa shape index (κ2) is 11.5. The molecule has 0 aliphatic heterocycles. The topological polar surface area (TPSA) is 16.4 Å². The summed E-state index contributed by atoms with van der Waals surface area (Å²) in [6.45, 7) is 0. The van der Waals surface area contributed by atoms with Crippen LogP contribution in [0.4, 0.5) is 11.4 Å². The van der Waals surface area contributed by atoms with E-state index in [9.17, 15) is 0 Å². The van der Waals surface area contributed by atoms with E-state index in [2.05, 4.69) is 198 Å². The van der Waals surface area contributed by atoms with Gasteiger partial charge in [0.2, 0.25) is 0 Å². The van der Waals surface area contributed by atoms with Gasteiger partial charge in [-0.2, -0.15) is 0 Å². The monoisotopic (exact) mass is 636 g/mol. The van der Waals surface area contributed by atoms with Gasteiger partial charge in [0.1, 0.15) is 0 Å². The number of hydrogen-bond donors (Lipinski definition) is 1. The molecule has 2 aromatic heterocycles. The molecule has 234 valence electrons. The lowest BCUT2D eigenvalue weighted by atomic mass is 9.98. The van der Waals surface area contributed by atoms with E-state index < -0.39 is 0 Å². The van der Waals surface area contributed by atoms with Crippen molar-refractivity contribution in [2.24, 2.45) is 0 Å². The lowest BCUT2D eigenvalue weighted by Crippen LogP contribution is -1.94. The van der Waals surface area contributed by atoms with Gasteiger partial charge in [-0.3, -0.25) is 0 Å². The summed E-state index contributed by atoms with van der Waals surface area (Å²) in [6, 6.07) is 68.2. The molecule has 1 N–H and O–H groups in total. The highest BCUT2D eigenvalue weighted by Crippen LogP contribution is 2.39. The van der Waals surface area contributed by atoms with E-state index in [1.807, 2.05) is 0 Å². The number of anilines is 2. The average Bonchev–Trinajstić information content (AvgIpc) is 3.54. The van der Waals surface area contributed by atoms with Crippen LogP contribution in [0.25, 0.3) is 81.9 Å². The Bertz CT molecular complexity index is 2880. The first-order chi connectivity index (χ1) is 24.8. The molecule has 0 unspecified atom stereocenters. The van der Waals surface area contributed by atoms with Crippen LogP contribution in [-0.2, 0) is 0 Å². The Kier molecular flexibility index (Phi) is 6.53. The smallest absolute Gasteiger partial charge is 0.0619 e. The van der Waals surface area contributed by atoms with Gasteiger partial charge in [-0.1, -0.05) is 152 Å². The fourth-order valence-electron chi connectivity index (χ4n) is 7.87. The van der Waals surface area contributed by atoms with Crippen LogP contribution >= 0.6 is 0 Å². The largest absolute Gasteiger partial charge is 0.355 e. The molecule has 0 fully saturated rings. The summed E-state index contributed by atoms with van der Waals surface area (Å²) < 4.78 is 2.50. The average molecular weight is 637 g/mol. The number of nitrogens with one attached hydrogen (secondary N) is 1. The third-order valence-electron chi connectivity index (χ3n) is 10.1. The Labute approximate surface area is 290 Å². The van der Waals surface area contributed by atoms with Gasteiger partial charge >= 0.3 is 0 Å². The summed E-state index contributed by atoms with van der Waals surface area (Å²) in [4.78, 5) is 0. The molecule has 0 saturated heterocycles. The molecule has 50 heavy (non-hydrogen) atoms. The normalized spacial score (nSPS) is 11.6. The zero-order valence-corrected chi connectivity index (χ0v) is 27.3. The van der Waals surface area contributed by atoms with E-state index in [4.69, 9.17) is 0 Å². The van der Waals surface area contributed by atoms with Crippen LogP contribution < -0.4 is 5.32 Å². The van der Waals surface area contributed by atoms with Crippen molar-refractivity contribution in [2.75, 3.05) is 5.32 Å². The lowest BCUT2D eigenvalue weighted by molar-refractivity contribution is 1.35. The minimum absolute atomic E-state index is 1.03. The van der Waals surface area contributed by atoms with Crippen LogP contribution in [0.1, 0.15) is 0 Å². The van der Waals surface area contributed by atoms with Crippen LogP contribution in [0, 0.1) is 0 Å². The highest BCUT2D eigenvalue weighted by Gasteiger charge is 2.15. The Morgan fingerprint density at radius 1 is 0.280 bits per heavy atom. The Morgan fingerprint density at radius 2 is 0.740 bits per heavy atom. The second-order valence-corrected chi connectivity index (χ2v) is 13.0. The summed E-state index contributed by atoms with van der Waals surface area (Å²) in [5, 5.41) is 13.7. The molecule has 0 atom stereocenters. The van der Waals surface area contributed by atoms with Gasteiger partial charge in [0.05, 0.1) is 16.6 Å². The second-order valence-electron chi connectivity index (χ2n) is 13.0. The quantitative estimate of drug-likeness (QED) is 0.203. The fourth-order valence-corrected chi connectivity index (χ4v) is 7.87. The van der Waals surface area contributed by atoms with Crippen molar-refractivity contribution in [3.8, 4) is 22.3 Å². The fraction of sp³-hybridized carbons (Fsp3) is 0. The molecule has 0 amide bonds. The SMILES string of the molecule is c1ccc(-c2cc(Nc3ccc4c5ccccc5c5ccccc5c5cccc6c7ccccc7n(c4c3)c56)cc(-c3ccccc3)c2)cc1. The highest BCUT2D eigenvalue weighted by atomic mass is 14.9. The summed E-state index contributed by atoms with van der Waals surface area (Å²) in [5.41, 5.74) is 10.4. The van der Waals surface area contributed by atoms with Crippen LogP contribution in [0.3, 0.4) is 0 Å². The van der Waals surface area contributed by atoms with Crippen LogP contribution in [-0.4, -0.2) is 4.40 Å². The van der Waals surface area contributed by atoms with Gasteiger partial charge in [0, 0.05) is 32.9 Å². The minimum atomic E-state index is 1.03. The number of para-hydroxylation sites is 2. The van der Waals surface area contributed by atoms with Crippen molar-refractivity contribution in [3.63, 3.8) is 0 Å². The van der Waals surface area contributed by atoms with E-state index in [0.29, 0.717) is 0 Å². The van der Waals surface area contributed by atoms with Gasteiger partial charge in [0.15, 0.2) is 0 Å². The van der Waals surface area contributed by atoms with E-state index in [1.165, 1.54) is 76.4 Å². The van der Waals surface area contributed by atoms with Crippen molar-refractivity contribution < 1.29 is 0 Å². The summed E-state index contributed by atoms with van der Waals surface area (Å²) in [5.74, 6) is 0. The molecular weight excluding hydrogens is 605 g/mol. The van der Waals surface area contributed by atoms with Crippen molar-refractivity contribution >= 4 is 71.0 Å². The Balaban J connectivity index is 1.31. The number of nitrogens with zero attached hydrogens (tertiary/aromatic N) is 1. The van der Waals surface area contributed by atoms with Gasteiger partial charge in [-0.25, -0.2) is 0 Å². The van der Waals surface area contributed by atoms with Crippen LogP contribution in [0.5, 0.6) is 0 Å². The molecule has 0 saturated carbocycles. The number of rotatable bonds is 4. The zero-order valence-electron chi connectivity index (χ0n) is 27.3. The first-order valence-corrected chi connectivity index (χ1v) is 17.2. The number of hydrogen-bond acceptors (Lipinski definition) is 1. The van der Waals surface area contributed by atoms with E-state index in [1.54, 1.807) is 0 Å². The highest BCUT2D eigenvalue weighted by molar-refractivity contribution is 6.25. The Hall–Kier alpha value is -6.64. The lowest BCUT2D eigenvalue weighted by Gasteiger charge is -2.14. The molecule has 2 heterocycles. The third-order valence-corrected chi connectivity index (χ3v) is 10.1. The minimum Gasteiger partial charge on any atom is -0.355 e. The maximum atomic E-state index is 3.85. The van der Waals surface area contributed by atoms with Crippen molar-refractivity contribution in [2.45, 2.75) is 0 Å². The third kappa shape index (κ3) is 4.57. The van der Waals surface area contributed by atoms with Crippen molar-refractivity contribution in [3.05, 3.63) is 188 Å². The predicted molar refractivity (Wildman–Crippen MR) is 214 cm³/mol. The maximum absolute atomic E-state index is 3.85. The molecule has 0 radical (unpaired) electrons. The van der Waals surface area contributed by atoms with Gasteiger partial charge < -0.3 is 9.72 Å². The van der Waals surface area contributed by atoms with Crippen LogP contribution in [0.15, 0.2) is 188 Å². The molecular formula is C48H32N2. The molecule has 10 rings (SSSR count). The molecule has 0 bridgehead atoms. The molecule has 0 spiro atoms. The van der Waals surface area contributed by atoms with E-state index in [0.717, 1.165) is 16.9 Å². The first-order valence-electron chi connectivity index (χ1n) is 17.2. The molecule has 10 aromatic rings. The van der Waals surface area contributed by atoms with Crippen molar-refractivity contribution in [1.29, 1.82) is 0 Å². The number of benzene rings is 8. The van der Waals surface area contributed by atoms with Gasteiger partial charge in [0.25, 0.3) is 0 Å². The molecule has 2 heteroatoms. The first kappa shape index (κ1) is 28.4. The molecule has 0 aliphatic rings. The molecule has 2 nitrogen and oxygen atoms in total. The van der Waals surface area contributed by atoms with Gasteiger partial charge in [-0.05, 0) is 80.2 Å². The Morgan fingerprint density at radius 3 is 1.36 bits per heavy atom. The van der Waals surface area contributed by atoms with Crippen molar-refractivity contribution in [1.82, 2.24) is 4.40 Å². The number of aromatic nitrogens is 1. The number of fused-ring (bicyclic) bond motifs is 10. The zero-order chi connectivity index (χ0) is 33.0. The predicted octanol–water partition coefficient (Wildman–Crippen LogP) is 13.3. The van der Waals surface area contributed by atoms with Gasteiger partial charge in [-0.15, -0.1) is 0 Å². The molecule has 0 aliphatic carbocycles. The van der Waals surface area contributed by atoms with E-state index in [-0.39, 0.29) is 0 Å². The van der Waals surface area contributed by atoms with Crippen LogP contribution in [0.2, 0.25) is 0 Å².